The van der Waals surface area contributed by atoms with Crippen LogP contribution in [-0.2, 0) is 15.9 Å². The average molecular weight is 398 g/mol. The molecule has 0 spiro atoms. The van der Waals surface area contributed by atoms with E-state index in [1.165, 1.54) is 0 Å². The molecule has 2 aromatic rings. The summed E-state index contributed by atoms with van der Waals surface area (Å²) in [6.45, 7) is 2.57. The molecule has 1 heterocycles. The largest absolute Gasteiger partial charge is 0.491 e. The van der Waals surface area contributed by atoms with E-state index >= 15 is 0 Å². The van der Waals surface area contributed by atoms with Gasteiger partial charge in [-0.3, -0.25) is 9.59 Å². The summed E-state index contributed by atoms with van der Waals surface area (Å²) in [6.07, 6.45) is 0.538. The zero-order chi connectivity index (χ0) is 20.5. The molecule has 2 N–H and O–H groups in total. The number of hydrogen-bond acceptors (Lipinski definition) is 5. The number of methoxy groups -OCH3 is 1. The number of nitrogens with one attached hydrogen (secondary N) is 2. The van der Waals surface area contributed by atoms with Crippen LogP contribution in [0.5, 0.6) is 5.75 Å². The van der Waals surface area contributed by atoms with E-state index in [2.05, 4.69) is 10.6 Å². The summed E-state index contributed by atoms with van der Waals surface area (Å²) in [6, 6.07) is 12.8. The Morgan fingerprint density at radius 2 is 2.07 bits per heavy atom. The monoisotopic (exact) mass is 398 g/mol. The van der Waals surface area contributed by atoms with Gasteiger partial charge in [-0.05, 0) is 41.5 Å². The molecule has 0 aromatic heterocycles. The highest BCUT2D eigenvalue weighted by molar-refractivity contribution is 5.95. The van der Waals surface area contributed by atoms with Crippen LogP contribution >= 0.6 is 0 Å². The molecule has 2 bridgehead atoms. The van der Waals surface area contributed by atoms with Gasteiger partial charge in [-0.25, -0.2) is 0 Å². The van der Waals surface area contributed by atoms with E-state index in [0.717, 1.165) is 11.1 Å². The van der Waals surface area contributed by atoms with Crippen molar-refractivity contribution >= 4 is 11.8 Å². The van der Waals surface area contributed by atoms with Gasteiger partial charge in [0.2, 0.25) is 0 Å². The Bertz CT molecular complexity index is 853. The molecule has 0 aliphatic carbocycles. The minimum absolute atomic E-state index is 0.129. The van der Waals surface area contributed by atoms with E-state index in [1.54, 1.807) is 19.2 Å². The first-order chi connectivity index (χ1) is 14.2. The Morgan fingerprint density at radius 3 is 2.93 bits per heavy atom. The van der Waals surface area contributed by atoms with Crippen LogP contribution in [0, 0.1) is 0 Å². The number of rotatable bonds is 4. The maximum Gasteiger partial charge on any atom is 0.251 e. The number of carbonyl (C=O) groups excluding carboxylic acids is 2. The van der Waals surface area contributed by atoms with Crippen molar-refractivity contribution in [1.82, 2.24) is 10.6 Å². The lowest BCUT2D eigenvalue weighted by Gasteiger charge is -2.15. The first-order valence-electron chi connectivity index (χ1n) is 9.65. The summed E-state index contributed by atoms with van der Waals surface area (Å²) in [7, 11) is 1.59. The highest BCUT2D eigenvalue weighted by Gasteiger charge is 2.13. The van der Waals surface area contributed by atoms with Gasteiger partial charge in [-0.15, -0.1) is 0 Å². The Kier molecular flexibility index (Phi) is 7.61. The molecule has 2 aromatic carbocycles. The maximum absolute atomic E-state index is 12.4. The number of hydrogen-bond donors (Lipinski definition) is 2. The van der Waals surface area contributed by atoms with E-state index in [9.17, 15) is 9.59 Å². The Morgan fingerprint density at radius 1 is 1.17 bits per heavy atom. The quantitative estimate of drug-likeness (QED) is 0.767. The van der Waals surface area contributed by atoms with Crippen LogP contribution in [0.2, 0.25) is 0 Å². The van der Waals surface area contributed by atoms with E-state index < -0.39 is 0 Å². The van der Waals surface area contributed by atoms with Gasteiger partial charge in [-0.1, -0.05) is 12.1 Å². The van der Waals surface area contributed by atoms with E-state index in [1.807, 2.05) is 30.3 Å². The second kappa shape index (κ2) is 10.6. The molecular formula is C22H26N2O5. The van der Waals surface area contributed by atoms with Gasteiger partial charge < -0.3 is 24.8 Å². The van der Waals surface area contributed by atoms with Crippen LogP contribution < -0.4 is 15.4 Å². The lowest BCUT2D eigenvalue weighted by atomic mass is 9.99. The third-order valence-corrected chi connectivity index (χ3v) is 4.52. The van der Waals surface area contributed by atoms with Crippen LogP contribution in [0.4, 0.5) is 0 Å². The van der Waals surface area contributed by atoms with Crippen LogP contribution in [0.15, 0.2) is 42.5 Å². The van der Waals surface area contributed by atoms with Gasteiger partial charge in [-0.2, -0.15) is 0 Å². The van der Waals surface area contributed by atoms with Crippen molar-refractivity contribution in [1.29, 1.82) is 0 Å². The van der Waals surface area contributed by atoms with Crippen LogP contribution in [0.1, 0.15) is 31.8 Å². The van der Waals surface area contributed by atoms with Gasteiger partial charge in [0.15, 0.2) is 0 Å². The molecular weight excluding hydrogens is 372 g/mol. The summed E-state index contributed by atoms with van der Waals surface area (Å²) >= 11 is 0. The molecule has 154 valence electrons. The Balaban J connectivity index is 1.87. The lowest BCUT2D eigenvalue weighted by molar-refractivity contribution is 0.0865. The number of amides is 2. The maximum atomic E-state index is 12.4. The lowest BCUT2D eigenvalue weighted by Crippen LogP contribution is -2.28. The van der Waals surface area contributed by atoms with Gasteiger partial charge in [0, 0.05) is 37.7 Å². The Hall–Kier alpha value is -2.90. The van der Waals surface area contributed by atoms with Crippen molar-refractivity contribution in [3.63, 3.8) is 0 Å². The number of fused-ring (bicyclic) bond motifs is 3. The summed E-state index contributed by atoms with van der Waals surface area (Å²) in [4.78, 5) is 24.7. The third kappa shape index (κ3) is 6.04. The molecule has 3 rings (SSSR count). The topological polar surface area (TPSA) is 85.9 Å². The molecule has 7 heteroatoms. The molecule has 0 fully saturated rings. The normalized spacial score (nSPS) is 14.7. The molecule has 0 unspecified atom stereocenters. The minimum atomic E-state index is -0.166. The summed E-state index contributed by atoms with van der Waals surface area (Å²) in [5, 5.41) is 5.67. The average Bonchev–Trinajstić information content (AvgIpc) is 2.73. The zero-order valence-corrected chi connectivity index (χ0v) is 16.5. The standard InChI is InChI=1S/C22H26N2O5/c1-27-9-7-23-22(26)18-5-6-20-19(15-18)14-16-3-2-4-17(13-16)21(25)24-8-10-28-11-12-29-20/h2-6,13,15H,7-12,14H2,1H3,(H,23,26)(H,24,25). The fourth-order valence-corrected chi connectivity index (χ4v) is 3.06. The smallest absolute Gasteiger partial charge is 0.251 e. The predicted octanol–water partition coefficient (Wildman–Crippen LogP) is 1.79. The van der Waals surface area contributed by atoms with Gasteiger partial charge >= 0.3 is 0 Å². The van der Waals surface area contributed by atoms with Crippen LogP contribution in [-0.4, -0.2) is 58.4 Å². The van der Waals surface area contributed by atoms with Crippen molar-refractivity contribution in [3.8, 4) is 5.75 Å². The molecule has 0 saturated heterocycles. The molecule has 7 nitrogen and oxygen atoms in total. The number of benzene rings is 2. The van der Waals surface area contributed by atoms with Gasteiger partial charge in [0.05, 0.1) is 19.8 Å². The van der Waals surface area contributed by atoms with Crippen LogP contribution in [0.25, 0.3) is 0 Å². The Labute approximate surface area is 170 Å². The van der Waals surface area contributed by atoms with E-state index in [-0.39, 0.29) is 11.8 Å². The van der Waals surface area contributed by atoms with Gasteiger partial charge in [0.25, 0.3) is 11.8 Å². The first-order valence-corrected chi connectivity index (χ1v) is 9.65. The molecule has 1 aliphatic heterocycles. The predicted molar refractivity (Wildman–Crippen MR) is 109 cm³/mol. The molecule has 0 saturated carbocycles. The van der Waals surface area contributed by atoms with Crippen molar-refractivity contribution in [2.45, 2.75) is 6.42 Å². The molecule has 1 aliphatic rings. The summed E-state index contributed by atoms with van der Waals surface area (Å²) in [5.74, 6) is 0.407. The third-order valence-electron chi connectivity index (χ3n) is 4.52. The summed E-state index contributed by atoms with van der Waals surface area (Å²) < 4.78 is 16.4. The highest BCUT2D eigenvalue weighted by atomic mass is 16.5. The van der Waals surface area contributed by atoms with Gasteiger partial charge in [0.1, 0.15) is 12.4 Å². The molecule has 0 radical (unpaired) electrons. The minimum Gasteiger partial charge on any atom is -0.491 e. The van der Waals surface area contributed by atoms with Crippen molar-refractivity contribution in [2.75, 3.05) is 46.6 Å². The first kappa shape index (κ1) is 20.8. The van der Waals surface area contributed by atoms with E-state index in [4.69, 9.17) is 14.2 Å². The zero-order valence-electron chi connectivity index (χ0n) is 16.5. The van der Waals surface area contributed by atoms with Crippen molar-refractivity contribution < 1.29 is 23.8 Å². The fraction of sp³-hybridized carbons (Fsp3) is 0.364. The molecule has 0 atom stereocenters. The highest BCUT2D eigenvalue weighted by Crippen LogP contribution is 2.24. The molecule has 29 heavy (non-hydrogen) atoms. The summed E-state index contributed by atoms with van der Waals surface area (Å²) in [5.41, 5.74) is 2.98. The SMILES string of the molecule is COCCNC(=O)c1ccc2c(c1)Cc1cccc(c1)C(=O)NCCOCCO2. The van der Waals surface area contributed by atoms with E-state index in [0.29, 0.717) is 62.8 Å². The fourth-order valence-electron chi connectivity index (χ4n) is 3.06. The van der Waals surface area contributed by atoms with Crippen LogP contribution in [0.3, 0.4) is 0 Å². The number of carbonyl (C=O) groups is 2. The van der Waals surface area contributed by atoms with Crippen molar-refractivity contribution in [3.05, 3.63) is 64.7 Å². The second-order valence-corrected chi connectivity index (χ2v) is 6.67. The van der Waals surface area contributed by atoms with Crippen molar-refractivity contribution in [2.24, 2.45) is 0 Å². The number of ether oxygens (including phenoxy) is 3. The molecule has 2 amide bonds. The second-order valence-electron chi connectivity index (χ2n) is 6.67.